The van der Waals surface area contributed by atoms with E-state index in [0.29, 0.717) is 5.92 Å². The Hall–Kier alpha value is -1.25. The first-order valence-electron chi connectivity index (χ1n) is 7.12. The number of ether oxygens (including phenoxy) is 1. The summed E-state index contributed by atoms with van der Waals surface area (Å²) in [6.45, 7) is 0. The summed E-state index contributed by atoms with van der Waals surface area (Å²) < 4.78 is 5.55. The molecule has 2 N–H and O–H groups in total. The van der Waals surface area contributed by atoms with Crippen molar-refractivity contribution < 1.29 is 4.74 Å². The van der Waals surface area contributed by atoms with Crippen molar-refractivity contribution in [3.63, 3.8) is 0 Å². The summed E-state index contributed by atoms with van der Waals surface area (Å²) in [5.41, 5.74) is 7.75. The van der Waals surface area contributed by atoms with E-state index in [1.807, 2.05) is 6.07 Å². The van der Waals surface area contributed by atoms with E-state index in [1.165, 1.54) is 42.0 Å². The predicted molar refractivity (Wildman–Crippen MR) is 86.6 cm³/mol. The maximum Gasteiger partial charge on any atom is 0.124 e. The second-order valence-corrected chi connectivity index (χ2v) is 5.47. The molecule has 0 aromatic heterocycles. The molecule has 0 bridgehead atoms. The summed E-state index contributed by atoms with van der Waals surface area (Å²) in [5, 5.41) is 2.48. The van der Waals surface area contributed by atoms with Crippen molar-refractivity contribution in [3.8, 4) is 5.75 Å². The highest BCUT2D eigenvalue weighted by atomic mass is 35.5. The van der Waals surface area contributed by atoms with E-state index in [4.69, 9.17) is 10.5 Å². The number of fused-ring (bicyclic) bond motifs is 1. The summed E-state index contributed by atoms with van der Waals surface area (Å²) in [7, 11) is 1.73. The molecule has 1 fully saturated rings. The summed E-state index contributed by atoms with van der Waals surface area (Å²) >= 11 is 0. The van der Waals surface area contributed by atoms with Gasteiger partial charge in [0.15, 0.2) is 0 Å². The van der Waals surface area contributed by atoms with E-state index in [9.17, 15) is 0 Å². The highest BCUT2D eigenvalue weighted by molar-refractivity contribution is 5.88. The fourth-order valence-electron chi connectivity index (χ4n) is 3.35. The zero-order valence-corrected chi connectivity index (χ0v) is 12.7. The van der Waals surface area contributed by atoms with Gasteiger partial charge in [-0.05, 0) is 35.6 Å². The van der Waals surface area contributed by atoms with Crippen molar-refractivity contribution in [2.75, 3.05) is 7.11 Å². The molecule has 108 valence electrons. The van der Waals surface area contributed by atoms with Crippen molar-refractivity contribution in [1.82, 2.24) is 0 Å². The fraction of sp³-hybridized carbons (Fsp3) is 0.412. The van der Waals surface area contributed by atoms with Crippen LogP contribution in [0.4, 0.5) is 0 Å². The molecule has 1 aliphatic rings. The van der Waals surface area contributed by atoms with Crippen molar-refractivity contribution in [2.45, 2.75) is 31.7 Å². The lowest BCUT2D eigenvalue weighted by molar-refractivity contribution is 0.387. The molecule has 3 rings (SSSR count). The van der Waals surface area contributed by atoms with Crippen LogP contribution in [0.3, 0.4) is 0 Å². The highest BCUT2D eigenvalue weighted by Gasteiger charge is 2.26. The minimum Gasteiger partial charge on any atom is -0.496 e. The molecule has 0 unspecified atom stereocenters. The molecule has 2 aromatic carbocycles. The van der Waals surface area contributed by atoms with Crippen LogP contribution < -0.4 is 10.5 Å². The molecule has 0 spiro atoms. The number of hydrogen-bond donors (Lipinski definition) is 1. The molecule has 2 nitrogen and oxygen atoms in total. The monoisotopic (exact) mass is 291 g/mol. The van der Waals surface area contributed by atoms with Gasteiger partial charge in [-0.25, -0.2) is 0 Å². The summed E-state index contributed by atoms with van der Waals surface area (Å²) in [4.78, 5) is 0. The van der Waals surface area contributed by atoms with Crippen molar-refractivity contribution in [3.05, 3.63) is 42.0 Å². The number of benzene rings is 2. The zero-order valence-electron chi connectivity index (χ0n) is 11.8. The van der Waals surface area contributed by atoms with Gasteiger partial charge in [0.25, 0.3) is 0 Å². The van der Waals surface area contributed by atoms with Crippen LogP contribution in [-0.4, -0.2) is 7.11 Å². The second-order valence-electron chi connectivity index (χ2n) is 5.47. The zero-order chi connectivity index (χ0) is 13.2. The van der Waals surface area contributed by atoms with Crippen LogP contribution in [-0.2, 0) is 0 Å². The Morgan fingerprint density at radius 1 is 1.10 bits per heavy atom. The van der Waals surface area contributed by atoms with Gasteiger partial charge in [-0.1, -0.05) is 43.2 Å². The van der Waals surface area contributed by atoms with Gasteiger partial charge >= 0.3 is 0 Å². The summed E-state index contributed by atoms with van der Waals surface area (Å²) in [6, 6.07) is 12.7. The molecule has 0 aliphatic heterocycles. The summed E-state index contributed by atoms with van der Waals surface area (Å²) in [5.74, 6) is 1.53. The maximum atomic E-state index is 6.56. The van der Waals surface area contributed by atoms with Crippen LogP contribution in [0, 0.1) is 5.92 Å². The average molecular weight is 292 g/mol. The molecular formula is C17H22ClNO. The lowest BCUT2D eigenvalue weighted by Gasteiger charge is -2.23. The molecule has 1 atom stereocenters. The molecule has 0 amide bonds. The Balaban J connectivity index is 0.00000147. The second kappa shape index (κ2) is 6.47. The molecule has 1 saturated carbocycles. The SMILES string of the molecule is COc1ccc2ccccc2c1[C@H](N)C1CCCC1.Cl. The first-order valence-corrected chi connectivity index (χ1v) is 7.12. The smallest absolute Gasteiger partial charge is 0.124 e. The molecule has 2 aromatic rings. The lowest BCUT2D eigenvalue weighted by atomic mass is 9.88. The molecule has 0 saturated heterocycles. The van der Waals surface area contributed by atoms with Crippen LogP contribution in [0.2, 0.25) is 0 Å². The lowest BCUT2D eigenvalue weighted by Crippen LogP contribution is -2.20. The van der Waals surface area contributed by atoms with Crippen LogP contribution in [0.1, 0.15) is 37.3 Å². The highest BCUT2D eigenvalue weighted by Crippen LogP contribution is 2.40. The maximum absolute atomic E-state index is 6.56. The Morgan fingerprint density at radius 2 is 1.80 bits per heavy atom. The van der Waals surface area contributed by atoms with E-state index in [2.05, 4.69) is 30.3 Å². The van der Waals surface area contributed by atoms with Gasteiger partial charge in [0.2, 0.25) is 0 Å². The first kappa shape index (κ1) is 15.1. The van der Waals surface area contributed by atoms with Crippen molar-refractivity contribution in [2.24, 2.45) is 11.7 Å². The number of rotatable bonds is 3. The standard InChI is InChI=1S/C17H21NO.ClH/c1-19-15-11-10-12-6-4-5-9-14(12)16(15)17(18)13-7-2-3-8-13;/h4-6,9-11,13,17H,2-3,7-8,18H2,1H3;1H/t17-;/m1./s1. The van der Waals surface area contributed by atoms with Crippen LogP contribution in [0.5, 0.6) is 5.75 Å². The third-order valence-corrected chi connectivity index (χ3v) is 4.39. The minimum atomic E-state index is 0. The van der Waals surface area contributed by atoms with Gasteiger partial charge in [0.05, 0.1) is 7.11 Å². The predicted octanol–water partition coefficient (Wildman–Crippen LogP) is 4.46. The Kier molecular flexibility index (Phi) is 4.90. The van der Waals surface area contributed by atoms with Gasteiger partial charge in [-0.15, -0.1) is 12.4 Å². The minimum absolute atomic E-state index is 0. The third-order valence-electron chi connectivity index (χ3n) is 4.39. The Bertz CT molecular complexity index is 578. The molecule has 0 radical (unpaired) electrons. The van der Waals surface area contributed by atoms with Gasteiger partial charge in [0, 0.05) is 11.6 Å². The third kappa shape index (κ3) is 2.63. The largest absolute Gasteiger partial charge is 0.496 e. The molecule has 1 aliphatic carbocycles. The first-order chi connectivity index (χ1) is 9.31. The number of methoxy groups -OCH3 is 1. The van der Waals surface area contributed by atoms with E-state index in [1.54, 1.807) is 7.11 Å². The molecule has 0 heterocycles. The van der Waals surface area contributed by atoms with E-state index >= 15 is 0 Å². The van der Waals surface area contributed by atoms with E-state index in [0.717, 1.165) is 5.75 Å². The van der Waals surface area contributed by atoms with Gasteiger partial charge in [-0.2, -0.15) is 0 Å². The van der Waals surface area contributed by atoms with Crippen molar-refractivity contribution >= 4 is 23.2 Å². The van der Waals surface area contributed by atoms with Crippen LogP contribution >= 0.6 is 12.4 Å². The van der Waals surface area contributed by atoms with Crippen LogP contribution in [0.25, 0.3) is 10.8 Å². The Morgan fingerprint density at radius 3 is 2.50 bits per heavy atom. The van der Waals surface area contributed by atoms with Crippen LogP contribution in [0.15, 0.2) is 36.4 Å². The van der Waals surface area contributed by atoms with Gasteiger partial charge < -0.3 is 10.5 Å². The van der Waals surface area contributed by atoms with E-state index < -0.39 is 0 Å². The fourth-order valence-corrected chi connectivity index (χ4v) is 3.35. The van der Waals surface area contributed by atoms with Gasteiger partial charge in [-0.3, -0.25) is 0 Å². The van der Waals surface area contributed by atoms with Crippen molar-refractivity contribution in [1.29, 1.82) is 0 Å². The number of nitrogens with two attached hydrogens (primary N) is 1. The number of hydrogen-bond acceptors (Lipinski definition) is 2. The van der Waals surface area contributed by atoms with E-state index in [-0.39, 0.29) is 18.4 Å². The average Bonchev–Trinajstić information content (AvgIpc) is 2.99. The molecule has 20 heavy (non-hydrogen) atoms. The number of halogens is 1. The topological polar surface area (TPSA) is 35.2 Å². The Labute approximate surface area is 126 Å². The molecular weight excluding hydrogens is 270 g/mol. The normalized spacial score (nSPS) is 16.9. The molecule has 3 heteroatoms. The summed E-state index contributed by atoms with van der Waals surface area (Å²) in [6.07, 6.45) is 5.11. The van der Waals surface area contributed by atoms with Gasteiger partial charge in [0.1, 0.15) is 5.75 Å². The quantitative estimate of drug-likeness (QED) is 0.906.